The lowest BCUT2D eigenvalue weighted by molar-refractivity contribution is 0.0832. The van der Waals surface area contributed by atoms with Crippen molar-refractivity contribution < 1.29 is 18.3 Å². The molecule has 1 aliphatic carbocycles. The summed E-state index contributed by atoms with van der Waals surface area (Å²) in [6.07, 6.45) is 5.04. The van der Waals surface area contributed by atoms with Crippen LogP contribution in [0.4, 0.5) is 8.78 Å². The van der Waals surface area contributed by atoms with E-state index >= 15 is 0 Å². The van der Waals surface area contributed by atoms with E-state index < -0.39 is 11.7 Å². The quantitative estimate of drug-likeness (QED) is 0.554. The highest BCUT2D eigenvalue weighted by Gasteiger charge is 2.31. The van der Waals surface area contributed by atoms with E-state index in [0.717, 1.165) is 76.0 Å². The van der Waals surface area contributed by atoms with Gasteiger partial charge >= 0.3 is 0 Å². The maximum Gasteiger partial charge on any atom is 0.265 e. The fourth-order valence-corrected chi connectivity index (χ4v) is 5.14. The summed E-state index contributed by atoms with van der Waals surface area (Å²) in [6.45, 7) is 4.30. The highest BCUT2D eigenvalue weighted by Crippen LogP contribution is 2.45. The van der Waals surface area contributed by atoms with E-state index in [4.69, 9.17) is 4.74 Å². The van der Waals surface area contributed by atoms with Gasteiger partial charge < -0.3 is 4.74 Å². The summed E-state index contributed by atoms with van der Waals surface area (Å²) in [6, 6.07) is 9.67. The largest absolute Gasteiger partial charge is 0.489 e. The zero-order chi connectivity index (χ0) is 22.8. The maximum absolute atomic E-state index is 14.9. The molecule has 2 aliphatic heterocycles. The van der Waals surface area contributed by atoms with E-state index in [-0.39, 0.29) is 17.5 Å². The number of piperidine rings is 1. The van der Waals surface area contributed by atoms with Gasteiger partial charge in [0.25, 0.3) is 5.91 Å². The van der Waals surface area contributed by atoms with Crippen LogP contribution in [-0.2, 0) is 6.54 Å². The highest BCUT2D eigenvalue weighted by molar-refractivity contribution is 7.95. The molecule has 3 fully saturated rings. The van der Waals surface area contributed by atoms with Crippen molar-refractivity contribution in [2.24, 2.45) is 0 Å². The summed E-state index contributed by atoms with van der Waals surface area (Å²) in [5.41, 5.74) is 2.08. The van der Waals surface area contributed by atoms with Crippen LogP contribution in [0.15, 0.2) is 36.4 Å². The number of carbonyl (C=O) groups excluding carboxylic acids is 1. The van der Waals surface area contributed by atoms with Crippen molar-refractivity contribution in [1.82, 2.24) is 13.9 Å². The molecule has 5 nitrogen and oxygen atoms in total. The first-order valence-electron chi connectivity index (χ1n) is 11.7. The van der Waals surface area contributed by atoms with Crippen LogP contribution < -0.4 is 9.46 Å². The molecule has 1 atom stereocenters. The summed E-state index contributed by atoms with van der Waals surface area (Å²) in [7, 11) is 0. The monoisotopic (exact) mass is 473 g/mol. The molecule has 8 heteroatoms. The summed E-state index contributed by atoms with van der Waals surface area (Å²) in [5, 5.41) is 0. The van der Waals surface area contributed by atoms with Crippen LogP contribution in [-0.4, -0.2) is 47.4 Å². The second-order valence-corrected chi connectivity index (χ2v) is 10.1. The fraction of sp³-hybridized carbons (Fsp3) is 0.480. The van der Waals surface area contributed by atoms with Crippen LogP contribution in [0.5, 0.6) is 5.75 Å². The van der Waals surface area contributed by atoms with Crippen molar-refractivity contribution in [1.29, 1.82) is 0 Å². The second kappa shape index (κ2) is 9.99. The molecule has 2 aromatic rings. The van der Waals surface area contributed by atoms with Gasteiger partial charge in [-0.2, -0.15) is 0 Å². The summed E-state index contributed by atoms with van der Waals surface area (Å²) in [4.78, 5) is 14.9. The lowest BCUT2D eigenvalue weighted by Gasteiger charge is -2.33. The Labute approximate surface area is 197 Å². The molecular formula is C25H29F2N3O2S. The Kier molecular flexibility index (Phi) is 6.85. The second-order valence-electron chi connectivity index (χ2n) is 9.19. The van der Waals surface area contributed by atoms with Gasteiger partial charge in [-0.3, -0.25) is 14.4 Å². The van der Waals surface area contributed by atoms with Gasteiger partial charge in [0, 0.05) is 44.4 Å². The number of nitrogens with zero attached hydrogens (tertiary/aromatic N) is 2. The van der Waals surface area contributed by atoms with Crippen molar-refractivity contribution in [3.8, 4) is 5.75 Å². The minimum atomic E-state index is -0.546. The van der Waals surface area contributed by atoms with Crippen molar-refractivity contribution in [2.75, 3.05) is 26.2 Å². The number of amides is 1. The Balaban J connectivity index is 1.25. The molecule has 3 aliphatic rings. The van der Waals surface area contributed by atoms with Crippen LogP contribution >= 0.6 is 12.1 Å². The van der Waals surface area contributed by atoms with Crippen molar-refractivity contribution in [2.45, 2.75) is 50.7 Å². The van der Waals surface area contributed by atoms with Gasteiger partial charge in [0.15, 0.2) is 0 Å². The maximum atomic E-state index is 14.9. The van der Waals surface area contributed by atoms with Crippen molar-refractivity contribution in [3.05, 3.63) is 64.7 Å². The van der Waals surface area contributed by atoms with Crippen LogP contribution in [0.1, 0.15) is 59.5 Å². The number of carbonyl (C=O) groups is 1. The number of halogens is 2. The molecule has 1 amide bonds. The molecule has 0 bridgehead atoms. The lowest BCUT2D eigenvalue weighted by Crippen LogP contribution is -2.40. The molecule has 0 radical (unpaired) electrons. The Morgan fingerprint density at radius 3 is 2.55 bits per heavy atom. The topological polar surface area (TPSA) is 44.8 Å². The Morgan fingerprint density at radius 1 is 1.06 bits per heavy atom. The molecule has 5 rings (SSSR count). The van der Waals surface area contributed by atoms with E-state index in [2.05, 4.69) is 9.62 Å². The summed E-state index contributed by atoms with van der Waals surface area (Å²) >= 11 is 1.25. The van der Waals surface area contributed by atoms with Gasteiger partial charge in [0.05, 0.1) is 5.56 Å². The predicted molar refractivity (Wildman–Crippen MR) is 125 cm³/mol. The molecule has 0 spiro atoms. The number of ether oxygens (including phenoxy) is 1. The smallest absolute Gasteiger partial charge is 0.265 e. The molecule has 2 saturated heterocycles. The van der Waals surface area contributed by atoms with Gasteiger partial charge in [-0.1, -0.05) is 12.1 Å². The third-order valence-electron chi connectivity index (χ3n) is 6.52. The van der Waals surface area contributed by atoms with Gasteiger partial charge in [-0.25, -0.2) is 13.1 Å². The number of likely N-dealkylation sites (tertiary alicyclic amines) is 1. The summed E-state index contributed by atoms with van der Waals surface area (Å²) in [5.74, 6) is -0.287. The first-order chi connectivity index (χ1) is 16.0. The first-order valence-corrected chi connectivity index (χ1v) is 12.5. The number of benzene rings is 2. The van der Waals surface area contributed by atoms with E-state index in [1.54, 1.807) is 6.07 Å². The number of rotatable bonds is 8. The minimum Gasteiger partial charge on any atom is -0.489 e. The van der Waals surface area contributed by atoms with E-state index in [1.165, 1.54) is 30.3 Å². The van der Waals surface area contributed by atoms with Crippen LogP contribution in [0.2, 0.25) is 0 Å². The molecule has 1 N–H and O–H groups in total. The SMILES string of the molecule is O=C(NSN1CCC1)c1cc(C2CC2)c(OC2CCCN(Cc3ccc(F)cc3)C2)cc1F. The molecule has 33 heavy (non-hydrogen) atoms. The van der Waals surface area contributed by atoms with Crippen LogP contribution in [0.25, 0.3) is 0 Å². The van der Waals surface area contributed by atoms with E-state index in [1.807, 2.05) is 16.4 Å². The minimum absolute atomic E-state index is 0.0438. The normalized spacial score (nSPS) is 21.5. The zero-order valence-electron chi connectivity index (χ0n) is 18.6. The third kappa shape index (κ3) is 5.67. The molecule has 176 valence electrons. The van der Waals surface area contributed by atoms with E-state index in [0.29, 0.717) is 11.7 Å². The Bertz CT molecular complexity index is 996. The third-order valence-corrected chi connectivity index (χ3v) is 7.42. The van der Waals surface area contributed by atoms with Crippen molar-refractivity contribution in [3.63, 3.8) is 0 Å². The van der Waals surface area contributed by atoms with Gasteiger partial charge in [-0.15, -0.1) is 0 Å². The van der Waals surface area contributed by atoms with Gasteiger partial charge in [0.1, 0.15) is 23.5 Å². The molecule has 1 unspecified atom stereocenters. The average molecular weight is 474 g/mol. The average Bonchev–Trinajstić information content (AvgIpc) is 3.60. The van der Waals surface area contributed by atoms with E-state index in [9.17, 15) is 13.6 Å². The summed E-state index contributed by atoms with van der Waals surface area (Å²) < 4.78 is 39.2. The number of nitrogens with one attached hydrogen (secondary N) is 1. The number of hydrogen-bond donors (Lipinski definition) is 1. The lowest BCUT2D eigenvalue weighted by atomic mass is 10.0. The zero-order valence-corrected chi connectivity index (χ0v) is 19.4. The Morgan fingerprint density at radius 2 is 1.85 bits per heavy atom. The molecule has 2 heterocycles. The highest BCUT2D eigenvalue weighted by atomic mass is 32.2. The van der Waals surface area contributed by atoms with Crippen molar-refractivity contribution >= 4 is 18.0 Å². The van der Waals surface area contributed by atoms with Gasteiger partial charge in [-0.05, 0) is 73.9 Å². The van der Waals surface area contributed by atoms with Gasteiger partial charge in [0.2, 0.25) is 0 Å². The standard InChI is InChI=1S/C25H29F2N3O2S/c26-19-8-4-17(5-9-19)15-29-10-1-3-20(16-29)32-24-14-23(27)22(13-21(24)18-6-7-18)25(31)28-33-30-11-2-12-30/h4-5,8-9,13-14,18,20H,1-3,6-7,10-12,15-16H2,(H,28,31). The molecule has 2 aromatic carbocycles. The number of hydrogen-bond acceptors (Lipinski definition) is 5. The Hall–Kier alpha value is -2.16. The molecular weight excluding hydrogens is 444 g/mol. The van der Waals surface area contributed by atoms with Crippen LogP contribution in [0.3, 0.4) is 0 Å². The molecule has 0 aromatic heterocycles. The fourth-order valence-electron chi connectivity index (χ4n) is 4.38. The first kappa shape index (κ1) is 22.6. The molecule has 1 saturated carbocycles. The predicted octanol–water partition coefficient (Wildman–Crippen LogP) is 4.88. The van der Waals surface area contributed by atoms with Crippen LogP contribution in [0, 0.1) is 11.6 Å².